The third-order valence-electron chi connectivity index (χ3n) is 5.45. The highest BCUT2D eigenvalue weighted by Crippen LogP contribution is 2.30. The molecule has 0 spiro atoms. The van der Waals surface area contributed by atoms with Crippen molar-refractivity contribution >= 4 is 11.6 Å². The van der Waals surface area contributed by atoms with E-state index in [1.807, 2.05) is 12.1 Å². The average molecular weight is 345 g/mol. The monoisotopic (exact) mass is 345 g/mol. The lowest BCUT2D eigenvalue weighted by atomic mass is 9.90. The van der Waals surface area contributed by atoms with E-state index in [0.717, 1.165) is 44.5 Å². The highest BCUT2D eigenvalue weighted by molar-refractivity contribution is 5.73. The second kappa shape index (κ2) is 8.56. The first-order valence-corrected chi connectivity index (χ1v) is 9.57. The van der Waals surface area contributed by atoms with E-state index < -0.39 is 0 Å². The zero-order valence-electron chi connectivity index (χ0n) is 15.5. The standard InChI is InChI=1S/C20H31N3O2/c1-15(24)21-16-9-11-17(12-10-16)22-18-6-5-13-23(14-18)19-7-3-4-8-20(19)25-2/h3-4,7-8,16-18,22H,5-6,9-14H2,1-2H3,(H,21,24). The number of amides is 1. The molecule has 1 aromatic carbocycles. The average Bonchev–Trinajstić information content (AvgIpc) is 2.63. The molecule has 1 unspecified atom stereocenters. The Morgan fingerprint density at radius 1 is 1.08 bits per heavy atom. The second-order valence-corrected chi connectivity index (χ2v) is 7.37. The van der Waals surface area contributed by atoms with Crippen LogP contribution in [-0.2, 0) is 4.79 Å². The van der Waals surface area contributed by atoms with Crippen LogP contribution in [0.25, 0.3) is 0 Å². The molecule has 5 heteroatoms. The van der Waals surface area contributed by atoms with Crippen LogP contribution in [0.4, 0.5) is 5.69 Å². The van der Waals surface area contributed by atoms with Gasteiger partial charge in [-0.2, -0.15) is 0 Å². The molecule has 2 aliphatic rings. The summed E-state index contributed by atoms with van der Waals surface area (Å²) in [5, 5.41) is 6.93. The first kappa shape index (κ1) is 18.1. The maximum atomic E-state index is 11.2. The van der Waals surface area contributed by atoms with Gasteiger partial charge in [0, 0.05) is 38.1 Å². The number of piperidine rings is 1. The lowest BCUT2D eigenvalue weighted by Gasteiger charge is -2.38. The molecular formula is C20H31N3O2. The number of carbonyl (C=O) groups excluding carboxylic acids is 1. The van der Waals surface area contributed by atoms with E-state index in [1.165, 1.54) is 18.5 Å². The van der Waals surface area contributed by atoms with Crippen LogP contribution in [0.1, 0.15) is 45.4 Å². The summed E-state index contributed by atoms with van der Waals surface area (Å²) in [6, 6.07) is 9.77. The summed E-state index contributed by atoms with van der Waals surface area (Å²) in [6.45, 7) is 3.73. The summed E-state index contributed by atoms with van der Waals surface area (Å²) in [7, 11) is 1.74. The minimum absolute atomic E-state index is 0.0936. The topological polar surface area (TPSA) is 53.6 Å². The van der Waals surface area contributed by atoms with E-state index in [9.17, 15) is 4.79 Å². The van der Waals surface area contributed by atoms with Crippen molar-refractivity contribution in [3.8, 4) is 5.75 Å². The van der Waals surface area contributed by atoms with Crippen LogP contribution in [0.3, 0.4) is 0 Å². The van der Waals surface area contributed by atoms with Crippen molar-refractivity contribution in [2.45, 2.75) is 63.6 Å². The first-order chi connectivity index (χ1) is 12.2. The zero-order valence-corrected chi connectivity index (χ0v) is 15.5. The summed E-state index contributed by atoms with van der Waals surface area (Å²) in [4.78, 5) is 13.6. The molecule has 25 heavy (non-hydrogen) atoms. The molecule has 5 nitrogen and oxygen atoms in total. The van der Waals surface area contributed by atoms with Gasteiger partial charge < -0.3 is 20.3 Å². The molecule has 1 aliphatic carbocycles. The van der Waals surface area contributed by atoms with Crippen molar-refractivity contribution in [1.29, 1.82) is 0 Å². The fraction of sp³-hybridized carbons (Fsp3) is 0.650. The number of rotatable bonds is 5. The number of hydrogen-bond acceptors (Lipinski definition) is 4. The zero-order chi connectivity index (χ0) is 17.6. The van der Waals surface area contributed by atoms with E-state index in [-0.39, 0.29) is 5.91 Å². The van der Waals surface area contributed by atoms with Gasteiger partial charge in [0.25, 0.3) is 0 Å². The van der Waals surface area contributed by atoms with Crippen LogP contribution in [-0.4, -0.2) is 44.2 Å². The van der Waals surface area contributed by atoms with E-state index in [0.29, 0.717) is 18.1 Å². The molecule has 3 rings (SSSR count). The number of para-hydroxylation sites is 2. The van der Waals surface area contributed by atoms with Gasteiger partial charge in [0.15, 0.2) is 0 Å². The van der Waals surface area contributed by atoms with E-state index in [2.05, 4.69) is 27.7 Å². The maximum Gasteiger partial charge on any atom is 0.217 e. The van der Waals surface area contributed by atoms with Crippen LogP contribution in [0.15, 0.2) is 24.3 Å². The number of benzene rings is 1. The van der Waals surface area contributed by atoms with Gasteiger partial charge in [-0.1, -0.05) is 12.1 Å². The fourth-order valence-electron chi connectivity index (χ4n) is 4.25. The Hall–Kier alpha value is -1.75. The Morgan fingerprint density at radius 3 is 2.52 bits per heavy atom. The molecule has 2 fully saturated rings. The van der Waals surface area contributed by atoms with Crippen molar-refractivity contribution in [2.75, 3.05) is 25.1 Å². The van der Waals surface area contributed by atoms with Crippen LogP contribution in [0.5, 0.6) is 5.75 Å². The predicted molar refractivity (Wildman–Crippen MR) is 101 cm³/mol. The van der Waals surface area contributed by atoms with Crippen molar-refractivity contribution in [3.05, 3.63) is 24.3 Å². The number of methoxy groups -OCH3 is 1. The number of anilines is 1. The third-order valence-corrected chi connectivity index (χ3v) is 5.45. The minimum Gasteiger partial charge on any atom is -0.495 e. The van der Waals surface area contributed by atoms with Crippen molar-refractivity contribution in [1.82, 2.24) is 10.6 Å². The number of carbonyl (C=O) groups is 1. The lowest BCUT2D eigenvalue weighted by molar-refractivity contribution is -0.119. The van der Waals surface area contributed by atoms with Gasteiger partial charge in [-0.05, 0) is 50.7 Å². The molecule has 1 aliphatic heterocycles. The molecule has 2 N–H and O–H groups in total. The van der Waals surface area contributed by atoms with E-state index in [4.69, 9.17) is 4.74 Å². The highest BCUT2D eigenvalue weighted by atomic mass is 16.5. The number of hydrogen-bond donors (Lipinski definition) is 2. The molecule has 0 aromatic heterocycles. The highest BCUT2D eigenvalue weighted by Gasteiger charge is 2.27. The smallest absolute Gasteiger partial charge is 0.217 e. The van der Waals surface area contributed by atoms with Crippen molar-refractivity contribution < 1.29 is 9.53 Å². The lowest BCUT2D eigenvalue weighted by Crippen LogP contribution is -2.51. The molecule has 0 bridgehead atoms. The van der Waals surface area contributed by atoms with E-state index >= 15 is 0 Å². The van der Waals surface area contributed by atoms with Gasteiger partial charge in [0.05, 0.1) is 12.8 Å². The Bertz CT molecular complexity index is 570. The minimum atomic E-state index is 0.0936. The van der Waals surface area contributed by atoms with Crippen LogP contribution in [0.2, 0.25) is 0 Å². The molecule has 1 saturated carbocycles. The largest absolute Gasteiger partial charge is 0.495 e. The number of ether oxygens (including phenoxy) is 1. The number of nitrogens with one attached hydrogen (secondary N) is 2. The molecule has 0 radical (unpaired) electrons. The van der Waals surface area contributed by atoms with Crippen LogP contribution in [0, 0.1) is 0 Å². The van der Waals surface area contributed by atoms with Crippen LogP contribution < -0.4 is 20.3 Å². The summed E-state index contributed by atoms with van der Waals surface area (Å²) in [6.07, 6.45) is 6.90. The fourth-order valence-corrected chi connectivity index (χ4v) is 4.25. The Kier molecular flexibility index (Phi) is 6.19. The van der Waals surface area contributed by atoms with Gasteiger partial charge in [-0.3, -0.25) is 4.79 Å². The Labute approximate surface area is 151 Å². The van der Waals surface area contributed by atoms with Gasteiger partial charge in [0.2, 0.25) is 5.91 Å². The summed E-state index contributed by atoms with van der Waals surface area (Å²) < 4.78 is 5.53. The maximum absolute atomic E-state index is 11.2. The van der Waals surface area contributed by atoms with Gasteiger partial charge >= 0.3 is 0 Å². The third kappa shape index (κ3) is 4.88. The molecule has 1 amide bonds. The normalized spacial score (nSPS) is 27.0. The Balaban J connectivity index is 1.52. The molecule has 1 heterocycles. The molecule has 1 aromatic rings. The quantitative estimate of drug-likeness (QED) is 0.861. The van der Waals surface area contributed by atoms with Gasteiger partial charge in [0.1, 0.15) is 5.75 Å². The second-order valence-electron chi connectivity index (χ2n) is 7.37. The molecule has 138 valence electrons. The first-order valence-electron chi connectivity index (χ1n) is 9.57. The summed E-state index contributed by atoms with van der Waals surface area (Å²) in [5.74, 6) is 1.05. The molecule has 1 atom stereocenters. The van der Waals surface area contributed by atoms with Crippen molar-refractivity contribution in [2.24, 2.45) is 0 Å². The van der Waals surface area contributed by atoms with Gasteiger partial charge in [-0.25, -0.2) is 0 Å². The summed E-state index contributed by atoms with van der Waals surface area (Å²) >= 11 is 0. The Morgan fingerprint density at radius 2 is 1.80 bits per heavy atom. The SMILES string of the molecule is COc1ccccc1N1CCCC(NC2CCC(NC(C)=O)CC2)C1. The molecular weight excluding hydrogens is 314 g/mol. The number of nitrogens with zero attached hydrogens (tertiary/aromatic N) is 1. The van der Waals surface area contributed by atoms with Crippen molar-refractivity contribution in [3.63, 3.8) is 0 Å². The molecule has 1 saturated heterocycles. The van der Waals surface area contributed by atoms with Crippen LogP contribution >= 0.6 is 0 Å². The summed E-state index contributed by atoms with van der Waals surface area (Å²) in [5.41, 5.74) is 1.20. The predicted octanol–water partition coefficient (Wildman–Crippen LogP) is 2.70. The van der Waals surface area contributed by atoms with Gasteiger partial charge in [-0.15, -0.1) is 0 Å². The van der Waals surface area contributed by atoms with E-state index in [1.54, 1.807) is 14.0 Å².